The van der Waals surface area contributed by atoms with Crippen LogP contribution in [-0.2, 0) is 16.6 Å². The summed E-state index contributed by atoms with van der Waals surface area (Å²) in [6, 6.07) is 4.67. The highest BCUT2D eigenvalue weighted by Gasteiger charge is 2.14. The highest BCUT2D eigenvalue weighted by atomic mass is 32.2. The Morgan fingerprint density at radius 2 is 2.17 bits per heavy atom. The van der Waals surface area contributed by atoms with Gasteiger partial charge in [-0.2, -0.15) is 0 Å². The van der Waals surface area contributed by atoms with Crippen LogP contribution in [0.15, 0.2) is 34.8 Å². The molecule has 0 amide bonds. The van der Waals surface area contributed by atoms with Crippen LogP contribution in [0.3, 0.4) is 0 Å². The van der Waals surface area contributed by atoms with Crippen LogP contribution in [0.5, 0.6) is 0 Å². The average molecular weight is 284 g/mol. The molecule has 1 aromatic heterocycles. The molecule has 5 N–H and O–H groups in total. The molecule has 0 unspecified atom stereocenters. The molecule has 0 atom stereocenters. The summed E-state index contributed by atoms with van der Waals surface area (Å²) >= 11 is 1.50. The summed E-state index contributed by atoms with van der Waals surface area (Å²) in [5.41, 5.74) is 8.16. The molecule has 8 heteroatoms. The van der Waals surface area contributed by atoms with Crippen LogP contribution in [0, 0.1) is 0 Å². The van der Waals surface area contributed by atoms with Crippen LogP contribution in [0.4, 0.5) is 11.4 Å². The number of primary sulfonamides is 1. The molecule has 1 aromatic carbocycles. The third kappa shape index (κ3) is 2.78. The molecule has 0 saturated carbocycles. The van der Waals surface area contributed by atoms with Gasteiger partial charge in [-0.25, -0.2) is 13.6 Å². The Bertz CT molecular complexity index is 638. The molecule has 1 heterocycles. The lowest BCUT2D eigenvalue weighted by molar-refractivity contribution is 0.598. The molecule has 6 nitrogen and oxygen atoms in total. The van der Waals surface area contributed by atoms with Gasteiger partial charge in [-0.15, -0.1) is 11.3 Å². The van der Waals surface area contributed by atoms with E-state index in [0.29, 0.717) is 12.2 Å². The molecule has 0 aliphatic heterocycles. The van der Waals surface area contributed by atoms with E-state index in [2.05, 4.69) is 10.3 Å². The SMILES string of the molecule is Nc1c(NCc2cncs2)cccc1S(N)(=O)=O. The molecule has 0 aliphatic rings. The minimum absolute atomic E-state index is 0.0724. The molecule has 0 spiro atoms. The number of nitrogen functional groups attached to an aromatic ring is 1. The van der Waals surface area contributed by atoms with Gasteiger partial charge in [0.05, 0.1) is 23.4 Å². The molecule has 0 radical (unpaired) electrons. The Labute approximate surface area is 109 Å². The van der Waals surface area contributed by atoms with Crippen molar-refractivity contribution >= 4 is 32.7 Å². The van der Waals surface area contributed by atoms with Crippen molar-refractivity contribution in [2.45, 2.75) is 11.4 Å². The number of sulfonamides is 1. The largest absolute Gasteiger partial charge is 0.396 e. The van der Waals surface area contributed by atoms with E-state index in [0.717, 1.165) is 4.88 Å². The van der Waals surface area contributed by atoms with Crippen molar-refractivity contribution in [3.05, 3.63) is 34.8 Å². The summed E-state index contributed by atoms with van der Waals surface area (Å²) in [5.74, 6) is 0. The van der Waals surface area contributed by atoms with Crippen molar-refractivity contribution in [1.82, 2.24) is 4.98 Å². The Morgan fingerprint density at radius 3 is 2.78 bits per heavy atom. The minimum atomic E-state index is -3.80. The highest BCUT2D eigenvalue weighted by molar-refractivity contribution is 7.89. The summed E-state index contributed by atoms with van der Waals surface area (Å²) in [6.07, 6.45) is 1.73. The number of para-hydroxylation sites is 1. The number of thiazole rings is 1. The van der Waals surface area contributed by atoms with Gasteiger partial charge in [-0.3, -0.25) is 4.98 Å². The Balaban J connectivity index is 2.24. The van der Waals surface area contributed by atoms with Crippen molar-refractivity contribution in [2.75, 3.05) is 11.1 Å². The van der Waals surface area contributed by atoms with Crippen molar-refractivity contribution in [2.24, 2.45) is 5.14 Å². The Hall–Kier alpha value is -1.64. The van der Waals surface area contributed by atoms with Gasteiger partial charge in [0.1, 0.15) is 4.90 Å². The van der Waals surface area contributed by atoms with Gasteiger partial charge in [0.25, 0.3) is 0 Å². The molecule has 2 aromatic rings. The fourth-order valence-corrected chi connectivity index (χ4v) is 2.68. The zero-order chi connectivity index (χ0) is 13.2. The van der Waals surface area contributed by atoms with Gasteiger partial charge < -0.3 is 11.1 Å². The predicted octanol–water partition coefficient (Wildman–Crippen LogP) is 0.985. The van der Waals surface area contributed by atoms with E-state index in [-0.39, 0.29) is 10.6 Å². The smallest absolute Gasteiger partial charge is 0.240 e. The van der Waals surface area contributed by atoms with E-state index in [1.807, 2.05) is 0 Å². The minimum Gasteiger partial charge on any atom is -0.396 e. The molecule has 18 heavy (non-hydrogen) atoms. The van der Waals surface area contributed by atoms with Gasteiger partial charge in [0.2, 0.25) is 10.0 Å². The summed E-state index contributed by atoms with van der Waals surface area (Å²) in [7, 11) is -3.80. The lowest BCUT2D eigenvalue weighted by Crippen LogP contribution is -2.15. The molecule has 0 saturated heterocycles. The van der Waals surface area contributed by atoms with Crippen LogP contribution in [-0.4, -0.2) is 13.4 Å². The zero-order valence-electron chi connectivity index (χ0n) is 9.33. The fourth-order valence-electron chi connectivity index (χ4n) is 1.46. The number of anilines is 2. The second-order valence-electron chi connectivity index (χ2n) is 3.58. The number of benzene rings is 1. The quantitative estimate of drug-likeness (QED) is 0.725. The van der Waals surface area contributed by atoms with E-state index in [1.54, 1.807) is 23.8 Å². The Kier molecular flexibility index (Phi) is 3.50. The zero-order valence-corrected chi connectivity index (χ0v) is 11.0. The van der Waals surface area contributed by atoms with Crippen molar-refractivity contribution in [1.29, 1.82) is 0 Å². The first-order valence-electron chi connectivity index (χ1n) is 5.01. The van der Waals surface area contributed by atoms with Crippen molar-refractivity contribution < 1.29 is 8.42 Å². The van der Waals surface area contributed by atoms with Crippen molar-refractivity contribution in [3.63, 3.8) is 0 Å². The predicted molar refractivity (Wildman–Crippen MR) is 71.7 cm³/mol. The third-order valence-corrected chi connectivity index (χ3v) is 4.06. The van der Waals surface area contributed by atoms with Crippen LogP contribution < -0.4 is 16.2 Å². The van der Waals surface area contributed by atoms with E-state index in [1.165, 1.54) is 17.4 Å². The lowest BCUT2D eigenvalue weighted by Gasteiger charge is -2.10. The molecule has 0 bridgehead atoms. The number of aromatic nitrogens is 1. The van der Waals surface area contributed by atoms with Gasteiger partial charge in [0, 0.05) is 11.1 Å². The second-order valence-corrected chi connectivity index (χ2v) is 6.08. The van der Waals surface area contributed by atoms with E-state index < -0.39 is 10.0 Å². The highest BCUT2D eigenvalue weighted by Crippen LogP contribution is 2.26. The molecule has 2 rings (SSSR count). The number of nitrogens with zero attached hydrogens (tertiary/aromatic N) is 1. The standard InChI is InChI=1S/C10H12N4O2S2/c11-10-8(14-5-7-4-13-6-17-7)2-1-3-9(10)18(12,15)16/h1-4,6,14H,5,11H2,(H2,12,15,16). The topological polar surface area (TPSA) is 111 Å². The van der Waals surface area contributed by atoms with E-state index in [9.17, 15) is 8.42 Å². The summed E-state index contributed by atoms with van der Waals surface area (Å²) in [6.45, 7) is 0.531. The normalized spacial score (nSPS) is 11.4. The second kappa shape index (κ2) is 4.92. The molecule has 0 aliphatic carbocycles. The van der Waals surface area contributed by atoms with E-state index in [4.69, 9.17) is 10.9 Å². The van der Waals surface area contributed by atoms with Crippen LogP contribution in [0.1, 0.15) is 4.88 Å². The first-order valence-corrected chi connectivity index (χ1v) is 7.43. The van der Waals surface area contributed by atoms with Gasteiger partial charge in [-0.05, 0) is 12.1 Å². The monoisotopic (exact) mass is 284 g/mol. The number of hydrogen-bond acceptors (Lipinski definition) is 6. The number of nitrogens with two attached hydrogens (primary N) is 2. The van der Waals surface area contributed by atoms with Gasteiger partial charge in [0.15, 0.2) is 0 Å². The maximum absolute atomic E-state index is 11.3. The summed E-state index contributed by atoms with van der Waals surface area (Å²) in [5, 5.41) is 8.13. The fraction of sp³-hybridized carbons (Fsp3) is 0.100. The number of rotatable bonds is 4. The lowest BCUT2D eigenvalue weighted by atomic mass is 10.2. The van der Waals surface area contributed by atoms with Gasteiger partial charge >= 0.3 is 0 Å². The van der Waals surface area contributed by atoms with Gasteiger partial charge in [-0.1, -0.05) is 6.07 Å². The van der Waals surface area contributed by atoms with Crippen LogP contribution in [0.2, 0.25) is 0 Å². The molecular formula is C10H12N4O2S2. The van der Waals surface area contributed by atoms with Crippen molar-refractivity contribution in [3.8, 4) is 0 Å². The Morgan fingerprint density at radius 1 is 1.39 bits per heavy atom. The summed E-state index contributed by atoms with van der Waals surface area (Å²) in [4.78, 5) is 4.90. The first kappa shape index (κ1) is 12.8. The number of nitrogens with one attached hydrogen (secondary N) is 1. The average Bonchev–Trinajstić information content (AvgIpc) is 2.79. The molecule has 0 fully saturated rings. The maximum atomic E-state index is 11.3. The first-order chi connectivity index (χ1) is 8.48. The van der Waals surface area contributed by atoms with Crippen LogP contribution in [0.25, 0.3) is 0 Å². The van der Waals surface area contributed by atoms with Crippen LogP contribution >= 0.6 is 11.3 Å². The molecular weight excluding hydrogens is 272 g/mol. The third-order valence-electron chi connectivity index (χ3n) is 2.31. The summed E-state index contributed by atoms with van der Waals surface area (Å²) < 4.78 is 22.6. The van der Waals surface area contributed by atoms with E-state index >= 15 is 0 Å². The number of hydrogen-bond donors (Lipinski definition) is 3. The molecule has 96 valence electrons. The maximum Gasteiger partial charge on any atom is 0.240 e.